The Bertz CT molecular complexity index is 407. The van der Waals surface area contributed by atoms with E-state index in [1.54, 1.807) is 0 Å². The van der Waals surface area contributed by atoms with Crippen molar-refractivity contribution in [3.05, 3.63) is 0 Å². The van der Waals surface area contributed by atoms with Gasteiger partial charge in [-0.3, -0.25) is 9.59 Å². The summed E-state index contributed by atoms with van der Waals surface area (Å²) in [6, 6.07) is 0.119. The Hall–Kier alpha value is -1.06. The lowest BCUT2D eigenvalue weighted by Gasteiger charge is -2.48. The summed E-state index contributed by atoms with van der Waals surface area (Å²) in [5, 5.41) is 3.07. The second-order valence-electron chi connectivity index (χ2n) is 6.71. The Labute approximate surface area is 121 Å². The number of amides is 2. The van der Waals surface area contributed by atoms with Crippen molar-refractivity contribution in [2.75, 3.05) is 0 Å². The first-order valence-corrected chi connectivity index (χ1v) is 8.27. The Kier molecular flexibility index (Phi) is 3.51. The quantitative estimate of drug-likeness (QED) is 0.857. The highest BCUT2D eigenvalue weighted by molar-refractivity contribution is 6.00. The molecule has 1 atom stereocenters. The number of rotatable bonds is 4. The summed E-state index contributed by atoms with van der Waals surface area (Å²) in [4.78, 5) is 27.7. The molecule has 0 radical (unpaired) electrons. The fourth-order valence-corrected chi connectivity index (χ4v) is 4.02. The van der Waals surface area contributed by atoms with Crippen LogP contribution >= 0.6 is 0 Å². The summed E-state index contributed by atoms with van der Waals surface area (Å²) >= 11 is 0. The van der Waals surface area contributed by atoms with Gasteiger partial charge in [0.05, 0.1) is 0 Å². The van der Waals surface area contributed by atoms with Gasteiger partial charge in [0.2, 0.25) is 11.8 Å². The summed E-state index contributed by atoms with van der Waals surface area (Å²) in [5.41, 5.74) is -0.648. The Balaban J connectivity index is 1.93. The molecule has 2 saturated carbocycles. The molecule has 3 fully saturated rings. The fraction of sp³-hybridized carbons (Fsp3) is 0.875. The second-order valence-corrected chi connectivity index (χ2v) is 6.71. The molecule has 2 amide bonds. The minimum Gasteiger partial charge on any atom is -0.340 e. The molecule has 0 bridgehead atoms. The molecule has 0 aromatic carbocycles. The summed E-state index contributed by atoms with van der Waals surface area (Å²) in [6.45, 7) is 4.01. The smallest absolute Gasteiger partial charge is 0.249 e. The third-order valence-electron chi connectivity index (χ3n) is 5.57. The lowest BCUT2D eigenvalue weighted by atomic mass is 9.85. The van der Waals surface area contributed by atoms with Gasteiger partial charge in [-0.25, -0.2) is 0 Å². The molecule has 0 aromatic heterocycles. The van der Waals surface area contributed by atoms with Gasteiger partial charge >= 0.3 is 0 Å². The van der Waals surface area contributed by atoms with Gasteiger partial charge in [-0.15, -0.1) is 0 Å². The van der Waals surface area contributed by atoms with Crippen LogP contribution in [0.2, 0.25) is 0 Å². The van der Waals surface area contributed by atoms with Crippen molar-refractivity contribution in [3.63, 3.8) is 0 Å². The van der Waals surface area contributed by atoms with E-state index >= 15 is 0 Å². The first kappa shape index (κ1) is 13.9. The van der Waals surface area contributed by atoms with E-state index in [1.807, 2.05) is 18.7 Å². The normalized spacial score (nSPS) is 30.7. The minimum absolute atomic E-state index is 0.0997. The van der Waals surface area contributed by atoms with Crippen molar-refractivity contribution in [1.29, 1.82) is 0 Å². The third-order valence-corrected chi connectivity index (χ3v) is 5.57. The molecule has 0 aromatic rings. The van der Waals surface area contributed by atoms with E-state index in [0.717, 1.165) is 25.7 Å². The van der Waals surface area contributed by atoms with Gasteiger partial charge in [-0.1, -0.05) is 26.7 Å². The molecule has 2 aliphatic carbocycles. The molecule has 1 unspecified atom stereocenters. The van der Waals surface area contributed by atoms with Crippen molar-refractivity contribution in [3.8, 4) is 0 Å². The molecule has 1 heterocycles. The topological polar surface area (TPSA) is 49.4 Å². The van der Waals surface area contributed by atoms with E-state index in [0.29, 0.717) is 24.8 Å². The highest BCUT2D eigenvalue weighted by Crippen LogP contribution is 2.42. The predicted octanol–water partition coefficient (Wildman–Crippen LogP) is 2.22. The van der Waals surface area contributed by atoms with Crippen LogP contribution in [0.15, 0.2) is 0 Å². The van der Waals surface area contributed by atoms with Crippen LogP contribution in [0.5, 0.6) is 0 Å². The first-order chi connectivity index (χ1) is 9.63. The Morgan fingerprint density at radius 1 is 1.10 bits per heavy atom. The average molecular weight is 278 g/mol. The average Bonchev–Trinajstić information content (AvgIpc) is 3.15. The first-order valence-electron chi connectivity index (χ1n) is 8.27. The summed E-state index contributed by atoms with van der Waals surface area (Å²) < 4.78 is 0. The molecule has 0 spiro atoms. The number of carbonyl (C=O) groups is 2. The zero-order chi connectivity index (χ0) is 14.3. The van der Waals surface area contributed by atoms with E-state index in [9.17, 15) is 9.59 Å². The Morgan fingerprint density at radius 2 is 1.70 bits per heavy atom. The molecule has 1 aliphatic heterocycles. The van der Waals surface area contributed by atoms with Gasteiger partial charge in [0.15, 0.2) is 0 Å². The molecule has 4 heteroatoms. The van der Waals surface area contributed by atoms with Crippen LogP contribution in [0.25, 0.3) is 0 Å². The van der Waals surface area contributed by atoms with Crippen molar-refractivity contribution < 1.29 is 9.59 Å². The maximum atomic E-state index is 13.1. The lowest BCUT2D eigenvalue weighted by molar-refractivity contribution is -0.159. The van der Waals surface area contributed by atoms with Crippen LogP contribution < -0.4 is 5.32 Å². The van der Waals surface area contributed by atoms with E-state index in [4.69, 9.17) is 0 Å². The third kappa shape index (κ3) is 2.04. The number of carbonyl (C=O) groups excluding carboxylic acids is 2. The summed E-state index contributed by atoms with van der Waals surface area (Å²) in [6.07, 6.45) is 8.11. The van der Waals surface area contributed by atoms with Gasteiger partial charge in [0.25, 0.3) is 0 Å². The van der Waals surface area contributed by atoms with Crippen LogP contribution in [0.3, 0.4) is 0 Å². The maximum Gasteiger partial charge on any atom is 0.249 e. The highest BCUT2D eigenvalue weighted by Gasteiger charge is 2.54. The summed E-state index contributed by atoms with van der Waals surface area (Å²) in [5.74, 6) is 0.694. The minimum atomic E-state index is -0.648. The lowest BCUT2D eigenvalue weighted by Crippen LogP contribution is -2.72. The molecular weight excluding hydrogens is 252 g/mol. The van der Waals surface area contributed by atoms with E-state index in [1.165, 1.54) is 12.8 Å². The maximum absolute atomic E-state index is 13.1. The predicted molar refractivity (Wildman–Crippen MR) is 77.1 cm³/mol. The van der Waals surface area contributed by atoms with Crippen LogP contribution in [-0.4, -0.2) is 34.3 Å². The van der Waals surface area contributed by atoms with Gasteiger partial charge in [-0.05, 0) is 44.4 Å². The van der Waals surface area contributed by atoms with Crippen molar-refractivity contribution in [2.24, 2.45) is 5.92 Å². The monoisotopic (exact) mass is 278 g/mol. The van der Waals surface area contributed by atoms with Crippen LogP contribution in [0.1, 0.15) is 65.2 Å². The number of nitrogens with zero attached hydrogens (tertiary/aromatic N) is 1. The van der Waals surface area contributed by atoms with Gasteiger partial charge in [0.1, 0.15) is 11.6 Å². The number of hydrogen-bond acceptors (Lipinski definition) is 2. The zero-order valence-electron chi connectivity index (χ0n) is 12.7. The highest BCUT2D eigenvalue weighted by atomic mass is 16.2. The van der Waals surface area contributed by atoms with Crippen molar-refractivity contribution >= 4 is 11.8 Å². The van der Waals surface area contributed by atoms with Crippen molar-refractivity contribution in [1.82, 2.24) is 10.2 Å². The van der Waals surface area contributed by atoms with Crippen LogP contribution in [0, 0.1) is 5.92 Å². The Morgan fingerprint density at radius 3 is 2.20 bits per heavy atom. The number of nitrogens with one attached hydrogen (secondary N) is 1. The van der Waals surface area contributed by atoms with Crippen molar-refractivity contribution in [2.45, 2.75) is 82.8 Å². The molecule has 20 heavy (non-hydrogen) atoms. The zero-order valence-corrected chi connectivity index (χ0v) is 12.7. The van der Waals surface area contributed by atoms with Gasteiger partial charge in [-0.2, -0.15) is 0 Å². The molecule has 4 nitrogen and oxygen atoms in total. The molecule has 1 saturated heterocycles. The SMILES string of the molecule is CCC1(CC)NC(=O)C(C2CC2)N(C2CCCC2)C1=O. The molecule has 3 aliphatic rings. The molecule has 1 N–H and O–H groups in total. The van der Waals surface area contributed by atoms with E-state index in [2.05, 4.69) is 5.32 Å². The van der Waals surface area contributed by atoms with E-state index in [-0.39, 0.29) is 17.9 Å². The second kappa shape index (κ2) is 5.05. The van der Waals surface area contributed by atoms with Crippen LogP contribution in [0.4, 0.5) is 0 Å². The fourth-order valence-electron chi connectivity index (χ4n) is 4.02. The van der Waals surface area contributed by atoms with E-state index < -0.39 is 5.54 Å². The molecule has 112 valence electrons. The summed E-state index contributed by atoms with van der Waals surface area (Å²) in [7, 11) is 0. The molecular formula is C16H26N2O2. The standard InChI is InChI=1S/C16H26N2O2/c1-3-16(4-2)15(20)18(12-7-5-6-8-12)13(11-9-10-11)14(19)17-16/h11-13H,3-10H2,1-2H3,(H,17,19). The van der Waals surface area contributed by atoms with Crippen LogP contribution in [-0.2, 0) is 9.59 Å². The number of hydrogen-bond donors (Lipinski definition) is 1. The van der Waals surface area contributed by atoms with Gasteiger partial charge < -0.3 is 10.2 Å². The largest absolute Gasteiger partial charge is 0.340 e. The number of piperazine rings is 1. The van der Waals surface area contributed by atoms with Gasteiger partial charge in [0, 0.05) is 6.04 Å². The molecule has 3 rings (SSSR count).